The third-order valence-corrected chi connectivity index (χ3v) is 8.69. The lowest BCUT2D eigenvalue weighted by molar-refractivity contribution is 0.516. The van der Waals surface area contributed by atoms with Crippen molar-refractivity contribution in [3.63, 3.8) is 0 Å². The highest BCUT2D eigenvalue weighted by molar-refractivity contribution is 7.25. The fourth-order valence-corrected chi connectivity index (χ4v) is 7.38. The van der Waals surface area contributed by atoms with Crippen molar-refractivity contribution in [1.82, 2.24) is 9.97 Å². The van der Waals surface area contributed by atoms with Crippen LogP contribution in [-0.4, -0.2) is 9.97 Å². The Morgan fingerprint density at radius 2 is 1.58 bits per heavy atom. The molecule has 0 saturated carbocycles. The number of aromatic nitrogens is 2. The summed E-state index contributed by atoms with van der Waals surface area (Å²) in [6.07, 6.45) is 2.71. The number of pyridine rings is 2. The summed E-state index contributed by atoms with van der Waals surface area (Å²) in [4.78, 5) is 10.8. The zero-order chi connectivity index (χ0) is 25.4. The summed E-state index contributed by atoms with van der Waals surface area (Å²) < 4.78 is 7.73. The van der Waals surface area contributed by atoms with Crippen LogP contribution < -0.4 is 0 Å². The lowest BCUT2D eigenvalue weighted by Gasteiger charge is -2.27. The van der Waals surface area contributed by atoms with Gasteiger partial charge in [-0.2, -0.15) is 0 Å². The molecule has 0 bridgehead atoms. The van der Waals surface area contributed by atoms with Crippen LogP contribution in [0.3, 0.4) is 0 Å². The molecule has 0 aliphatic rings. The van der Waals surface area contributed by atoms with Crippen LogP contribution in [0.4, 0.5) is 0 Å². The topological polar surface area (TPSA) is 38.9 Å². The Hall–Kier alpha value is -3.24. The van der Waals surface area contributed by atoms with E-state index in [9.17, 15) is 0 Å². The second-order valence-corrected chi connectivity index (χ2v) is 12.8. The molecule has 0 radical (unpaired) electrons. The minimum atomic E-state index is -0.105. The monoisotopic (exact) mass is 492 g/mol. The van der Waals surface area contributed by atoms with Crippen LogP contribution in [0.1, 0.15) is 62.6 Å². The molecule has 0 saturated heterocycles. The summed E-state index contributed by atoms with van der Waals surface area (Å²) in [5.74, 6) is 0. The van der Waals surface area contributed by atoms with E-state index in [0.29, 0.717) is 0 Å². The van der Waals surface area contributed by atoms with Crippen LogP contribution >= 0.6 is 11.3 Å². The van der Waals surface area contributed by atoms with Crippen LogP contribution in [-0.2, 0) is 17.3 Å². The fourth-order valence-electron chi connectivity index (χ4n) is 5.96. The van der Waals surface area contributed by atoms with Gasteiger partial charge in [-0.25, -0.2) is 9.97 Å². The van der Waals surface area contributed by atoms with Gasteiger partial charge in [0.1, 0.15) is 10.4 Å². The van der Waals surface area contributed by atoms with Gasteiger partial charge in [0.05, 0.1) is 0 Å². The zero-order valence-electron chi connectivity index (χ0n) is 22.1. The number of benzene rings is 2. The van der Waals surface area contributed by atoms with Crippen LogP contribution in [0.5, 0.6) is 0 Å². The Morgan fingerprint density at radius 3 is 2.36 bits per heavy atom. The number of fused-ring (bicyclic) bond motifs is 6. The largest absolute Gasteiger partial charge is 0.437 e. The summed E-state index contributed by atoms with van der Waals surface area (Å²) in [7, 11) is 0. The van der Waals surface area contributed by atoms with E-state index in [-0.39, 0.29) is 10.8 Å². The van der Waals surface area contributed by atoms with Crippen molar-refractivity contribution in [3.8, 4) is 0 Å². The molecule has 4 heterocycles. The van der Waals surface area contributed by atoms with Gasteiger partial charge in [0, 0.05) is 38.1 Å². The van der Waals surface area contributed by atoms with E-state index >= 15 is 0 Å². The van der Waals surface area contributed by atoms with Crippen molar-refractivity contribution in [1.29, 1.82) is 0 Å². The van der Waals surface area contributed by atoms with E-state index in [0.717, 1.165) is 39.0 Å². The molecule has 4 heteroatoms. The Bertz CT molecular complexity index is 1800. The van der Waals surface area contributed by atoms with Crippen molar-refractivity contribution < 1.29 is 4.42 Å². The van der Waals surface area contributed by atoms with Crippen LogP contribution in [0.2, 0.25) is 0 Å². The zero-order valence-corrected chi connectivity index (χ0v) is 22.9. The van der Waals surface area contributed by atoms with Gasteiger partial charge in [0.15, 0.2) is 0 Å². The number of nitrogens with zero attached hydrogens (tertiary/aromatic N) is 2. The fraction of sp³-hybridized carbons (Fsp3) is 0.312. The number of rotatable bonds is 3. The SMILES string of the molecule is Cc1ccc2c(sc3ncccc32)c1C(C)(C)Cc1ccc2c(n1)oc1c(C)c(C(C)(C)C)ccc12. The van der Waals surface area contributed by atoms with Crippen LogP contribution in [0.25, 0.3) is 42.4 Å². The maximum atomic E-state index is 6.40. The Morgan fingerprint density at radius 1 is 0.833 bits per heavy atom. The molecule has 0 aliphatic carbocycles. The summed E-state index contributed by atoms with van der Waals surface area (Å²) in [5.41, 5.74) is 7.93. The van der Waals surface area contributed by atoms with Crippen molar-refractivity contribution in [3.05, 3.63) is 82.7 Å². The number of hydrogen-bond acceptors (Lipinski definition) is 4. The average Bonchev–Trinajstić information content (AvgIpc) is 3.36. The van der Waals surface area contributed by atoms with Crippen molar-refractivity contribution in [2.24, 2.45) is 0 Å². The highest BCUT2D eigenvalue weighted by Crippen LogP contribution is 2.42. The molecule has 182 valence electrons. The van der Waals surface area contributed by atoms with Gasteiger partial charge < -0.3 is 4.42 Å². The van der Waals surface area contributed by atoms with Gasteiger partial charge >= 0.3 is 0 Å². The number of hydrogen-bond donors (Lipinski definition) is 0. The Kier molecular flexibility index (Phi) is 5.07. The van der Waals surface area contributed by atoms with Crippen molar-refractivity contribution in [2.75, 3.05) is 0 Å². The first-order valence-corrected chi connectivity index (χ1v) is 13.5. The molecule has 6 aromatic rings. The molecule has 0 amide bonds. The molecule has 3 nitrogen and oxygen atoms in total. The maximum absolute atomic E-state index is 6.40. The number of thiophene rings is 1. The number of furan rings is 1. The standard InChI is InChI=1S/C32H32N2OS/c1-18-10-12-22-24-9-8-16-33-30(24)36-28(22)26(18)32(6,7)17-20-11-13-23-21-14-15-25(31(3,4)5)19(2)27(21)35-29(23)34-20/h8-16H,17H2,1-7H3. The minimum Gasteiger partial charge on any atom is -0.437 e. The molecular formula is C32H32N2OS. The second-order valence-electron chi connectivity index (χ2n) is 11.8. The Balaban J connectivity index is 1.45. The van der Waals surface area contributed by atoms with Gasteiger partial charge in [-0.3, -0.25) is 0 Å². The van der Waals surface area contributed by atoms with Crippen molar-refractivity contribution >= 4 is 53.7 Å². The van der Waals surface area contributed by atoms with Gasteiger partial charge in [-0.05, 0) is 77.6 Å². The molecule has 0 spiro atoms. The van der Waals surface area contributed by atoms with Gasteiger partial charge in [-0.15, -0.1) is 11.3 Å². The first-order valence-electron chi connectivity index (χ1n) is 12.6. The molecular weight excluding hydrogens is 460 g/mol. The summed E-state index contributed by atoms with van der Waals surface area (Å²) in [6, 6.07) is 17.5. The number of aryl methyl sites for hydroxylation is 2. The summed E-state index contributed by atoms with van der Waals surface area (Å²) in [5, 5.41) is 4.76. The first kappa shape index (κ1) is 23.2. The van der Waals surface area contributed by atoms with Gasteiger partial charge in [0.2, 0.25) is 5.71 Å². The highest BCUT2D eigenvalue weighted by atomic mass is 32.1. The molecule has 6 rings (SSSR count). The normalized spacial score (nSPS) is 13.0. The second kappa shape index (κ2) is 7.88. The van der Waals surface area contributed by atoms with Gasteiger partial charge in [0.25, 0.3) is 0 Å². The van der Waals surface area contributed by atoms with E-state index in [1.54, 1.807) is 11.3 Å². The lowest BCUT2D eigenvalue weighted by atomic mass is 9.77. The Labute approximate surface area is 216 Å². The predicted octanol–water partition coefficient (Wildman–Crippen LogP) is 9.18. The third-order valence-electron chi connectivity index (χ3n) is 7.55. The van der Waals surface area contributed by atoms with Crippen LogP contribution in [0.15, 0.2) is 59.1 Å². The van der Waals surface area contributed by atoms with E-state index in [4.69, 9.17) is 9.40 Å². The average molecular weight is 493 g/mol. The molecule has 0 unspecified atom stereocenters. The van der Waals surface area contributed by atoms with E-state index < -0.39 is 0 Å². The van der Waals surface area contributed by atoms with Crippen molar-refractivity contribution in [2.45, 2.75) is 65.7 Å². The molecule has 0 aliphatic heterocycles. The quantitative estimate of drug-likeness (QED) is 0.247. The smallest absolute Gasteiger partial charge is 0.227 e. The molecule has 0 N–H and O–H groups in total. The predicted molar refractivity (Wildman–Crippen MR) is 154 cm³/mol. The van der Waals surface area contributed by atoms with Gasteiger partial charge in [-0.1, -0.05) is 58.9 Å². The summed E-state index contributed by atoms with van der Waals surface area (Å²) >= 11 is 1.80. The molecule has 0 atom stereocenters. The highest BCUT2D eigenvalue weighted by Gasteiger charge is 2.28. The summed E-state index contributed by atoms with van der Waals surface area (Å²) in [6.45, 7) is 15.8. The van der Waals surface area contributed by atoms with Crippen LogP contribution in [0, 0.1) is 13.8 Å². The third kappa shape index (κ3) is 3.54. The lowest BCUT2D eigenvalue weighted by Crippen LogP contribution is -2.22. The first-order chi connectivity index (χ1) is 17.0. The van der Waals surface area contributed by atoms with E-state index in [2.05, 4.69) is 95.9 Å². The minimum absolute atomic E-state index is 0.0703. The maximum Gasteiger partial charge on any atom is 0.227 e. The molecule has 2 aromatic carbocycles. The van der Waals surface area contributed by atoms with E-state index in [1.807, 2.05) is 12.3 Å². The molecule has 0 fully saturated rings. The molecule has 36 heavy (non-hydrogen) atoms. The van der Waals surface area contributed by atoms with E-state index in [1.165, 1.54) is 37.7 Å². The molecule has 4 aromatic heterocycles.